The van der Waals surface area contributed by atoms with Gasteiger partial charge < -0.3 is 14.8 Å². The van der Waals surface area contributed by atoms with Crippen LogP contribution in [0.15, 0.2) is 42.9 Å². The summed E-state index contributed by atoms with van der Waals surface area (Å²) in [6.45, 7) is 5.55. The van der Waals surface area contributed by atoms with Crippen molar-refractivity contribution in [2.45, 2.75) is 18.6 Å². The van der Waals surface area contributed by atoms with Crippen molar-refractivity contribution >= 4 is 5.95 Å². The molecular formula is C19H25N5O2. The van der Waals surface area contributed by atoms with Crippen molar-refractivity contribution in [3.05, 3.63) is 48.5 Å². The van der Waals surface area contributed by atoms with Crippen molar-refractivity contribution in [1.29, 1.82) is 0 Å². The van der Waals surface area contributed by atoms with E-state index in [1.165, 1.54) is 0 Å². The van der Waals surface area contributed by atoms with Crippen molar-refractivity contribution in [2.24, 2.45) is 5.92 Å². The number of aromatic nitrogens is 3. The molecule has 138 valence electrons. The molecule has 1 spiro atoms. The van der Waals surface area contributed by atoms with Gasteiger partial charge in [-0.2, -0.15) is 0 Å². The molecule has 0 saturated carbocycles. The van der Waals surface area contributed by atoms with Crippen molar-refractivity contribution < 1.29 is 9.47 Å². The van der Waals surface area contributed by atoms with E-state index in [0.29, 0.717) is 18.5 Å². The minimum atomic E-state index is -0.227. The number of rotatable bonds is 5. The summed E-state index contributed by atoms with van der Waals surface area (Å²) in [5.74, 6) is 1.10. The molecule has 0 bridgehead atoms. The van der Waals surface area contributed by atoms with Crippen LogP contribution in [0, 0.1) is 5.92 Å². The summed E-state index contributed by atoms with van der Waals surface area (Å²) in [4.78, 5) is 15.3. The molecule has 2 aromatic heterocycles. The summed E-state index contributed by atoms with van der Waals surface area (Å²) in [5, 5.41) is 3.31. The lowest BCUT2D eigenvalue weighted by atomic mass is 9.94. The highest BCUT2D eigenvalue weighted by Gasteiger charge is 2.43. The molecule has 0 radical (unpaired) electrons. The molecule has 4 rings (SSSR count). The second-order valence-electron chi connectivity index (χ2n) is 7.10. The number of nitrogens with one attached hydrogen (secondary N) is 1. The molecule has 2 aromatic rings. The van der Waals surface area contributed by atoms with E-state index in [1.54, 1.807) is 12.4 Å². The van der Waals surface area contributed by atoms with Gasteiger partial charge in [-0.1, -0.05) is 6.07 Å². The van der Waals surface area contributed by atoms with Crippen molar-refractivity contribution in [3.63, 3.8) is 0 Å². The average molecular weight is 355 g/mol. The van der Waals surface area contributed by atoms with Crippen LogP contribution in [0.2, 0.25) is 0 Å². The minimum absolute atomic E-state index is 0.227. The summed E-state index contributed by atoms with van der Waals surface area (Å²) < 4.78 is 12.1. The number of pyridine rings is 1. The second kappa shape index (κ2) is 8.07. The summed E-state index contributed by atoms with van der Waals surface area (Å²) >= 11 is 0. The lowest BCUT2D eigenvalue weighted by molar-refractivity contribution is -0.0563. The smallest absolute Gasteiger partial charge is 0.222 e. The lowest BCUT2D eigenvalue weighted by Crippen LogP contribution is -2.44. The fraction of sp³-hybridized carbons (Fsp3) is 0.526. The SMILES string of the molecule is c1ccc(CN2CCOC[C@]3(C[C@@H](CNc4ncccn4)CO3)C2)nc1. The third kappa shape index (κ3) is 4.35. The van der Waals surface area contributed by atoms with E-state index in [0.717, 1.165) is 51.5 Å². The first-order valence-electron chi connectivity index (χ1n) is 9.16. The minimum Gasteiger partial charge on any atom is -0.377 e. The van der Waals surface area contributed by atoms with Gasteiger partial charge in [0.2, 0.25) is 5.95 Å². The Hall–Kier alpha value is -2.09. The fourth-order valence-corrected chi connectivity index (χ4v) is 3.75. The largest absolute Gasteiger partial charge is 0.377 e. The molecule has 0 aromatic carbocycles. The standard InChI is InChI=1S/C19H25N5O2/c1-2-5-20-17(4-1)12-24-8-9-25-15-19(14-24)10-16(13-26-19)11-23-18-21-6-3-7-22-18/h1-7,16H,8-15H2,(H,21,22,23)/t16-,19-/m0/s1. The molecule has 1 N–H and O–H groups in total. The molecule has 7 nitrogen and oxygen atoms in total. The molecule has 2 saturated heterocycles. The Bertz CT molecular complexity index is 687. The van der Waals surface area contributed by atoms with Crippen LogP contribution in [-0.2, 0) is 16.0 Å². The van der Waals surface area contributed by atoms with Gasteiger partial charge >= 0.3 is 0 Å². The number of hydrogen-bond acceptors (Lipinski definition) is 7. The van der Waals surface area contributed by atoms with E-state index in [2.05, 4.69) is 31.2 Å². The molecule has 7 heteroatoms. The van der Waals surface area contributed by atoms with E-state index >= 15 is 0 Å². The lowest BCUT2D eigenvalue weighted by Gasteiger charge is -2.31. The molecule has 2 aliphatic rings. The van der Waals surface area contributed by atoms with Crippen LogP contribution in [0.4, 0.5) is 5.95 Å². The van der Waals surface area contributed by atoms with Gasteiger partial charge in [-0.15, -0.1) is 0 Å². The van der Waals surface area contributed by atoms with Crippen molar-refractivity contribution in [2.75, 3.05) is 44.8 Å². The zero-order valence-corrected chi connectivity index (χ0v) is 14.9. The highest BCUT2D eigenvalue weighted by molar-refractivity contribution is 5.22. The Kier molecular flexibility index (Phi) is 5.38. The molecule has 26 heavy (non-hydrogen) atoms. The van der Waals surface area contributed by atoms with E-state index < -0.39 is 0 Å². The molecule has 2 aliphatic heterocycles. The van der Waals surface area contributed by atoms with E-state index in [-0.39, 0.29) is 5.60 Å². The molecular weight excluding hydrogens is 330 g/mol. The first-order valence-corrected chi connectivity index (χ1v) is 9.16. The Morgan fingerprint density at radius 1 is 1.15 bits per heavy atom. The summed E-state index contributed by atoms with van der Waals surface area (Å²) in [6.07, 6.45) is 6.32. The maximum Gasteiger partial charge on any atom is 0.222 e. The molecule has 0 unspecified atom stereocenters. The van der Waals surface area contributed by atoms with E-state index in [9.17, 15) is 0 Å². The van der Waals surface area contributed by atoms with Gasteiger partial charge in [-0.3, -0.25) is 9.88 Å². The van der Waals surface area contributed by atoms with Crippen LogP contribution in [0.1, 0.15) is 12.1 Å². The van der Waals surface area contributed by atoms with E-state index in [4.69, 9.17) is 9.47 Å². The third-order valence-corrected chi connectivity index (χ3v) is 4.94. The van der Waals surface area contributed by atoms with Gasteiger partial charge in [-0.05, 0) is 24.6 Å². The Morgan fingerprint density at radius 2 is 2.04 bits per heavy atom. The molecule has 0 aliphatic carbocycles. The topological polar surface area (TPSA) is 72.4 Å². The molecule has 0 amide bonds. The third-order valence-electron chi connectivity index (χ3n) is 4.94. The zero-order valence-electron chi connectivity index (χ0n) is 14.9. The maximum atomic E-state index is 6.26. The van der Waals surface area contributed by atoms with E-state index in [1.807, 2.05) is 24.4 Å². The number of hydrogen-bond donors (Lipinski definition) is 1. The van der Waals surface area contributed by atoms with Gasteiger partial charge in [0.1, 0.15) is 5.60 Å². The molecule has 2 fully saturated rings. The van der Waals surface area contributed by atoms with Gasteiger partial charge in [0.05, 0.1) is 25.5 Å². The van der Waals surface area contributed by atoms with Crippen LogP contribution < -0.4 is 5.32 Å². The average Bonchev–Trinajstić information content (AvgIpc) is 2.97. The first-order chi connectivity index (χ1) is 12.8. The Labute approximate surface area is 153 Å². The van der Waals surface area contributed by atoms with Crippen LogP contribution in [0.5, 0.6) is 0 Å². The summed E-state index contributed by atoms with van der Waals surface area (Å²) in [6, 6.07) is 7.87. The highest BCUT2D eigenvalue weighted by Crippen LogP contribution is 2.33. The van der Waals surface area contributed by atoms with Crippen LogP contribution in [0.25, 0.3) is 0 Å². The predicted molar refractivity (Wildman–Crippen MR) is 97.6 cm³/mol. The van der Waals surface area contributed by atoms with Gasteiger partial charge in [0.25, 0.3) is 0 Å². The van der Waals surface area contributed by atoms with Gasteiger partial charge in [0.15, 0.2) is 0 Å². The Morgan fingerprint density at radius 3 is 2.88 bits per heavy atom. The van der Waals surface area contributed by atoms with Crippen molar-refractivity contribution in [3.8, 4) is 0 Å². The van der Waals surface area contributed by atoms with Gasteiger partial charge in [0, 0.05) is 50.7 Å². The molecule has 2 atom stereocenters. The predicted octanol–water partition coefficient (Wildman–Crippen LogP) is 1.59. The summed E-state index contributed by atoms with van der Waals surface area (Å²) in [5.41, 5.74) is 0.858. The van der Waals surface area contributed by atoms with Crippen molar-refractivity contribution in [1.82, 2.24) is 19.9 Å². The van der Waals surface area contributed by atoms with Crippen LogP contribution >= 0.6 is 0 Å². The first kappa shape index (κ1) is 17.3. The zero-order chi connectivity index (χ0) is 17.7. The number of nitrogens with zero attached hydrogens (tertiary/aromatic N) is 4. The highest BCUT2D eigenvalue weighted by atomic mass is 16.5. The second-order valence-corrected chi connectivity index (χ2v) is 7.10. The van der Waals surface area contributed by atoms with Gasteiger partial charge in [-0.25, -0.2) is 9.97 Å². The monoisotopic (exact) mass is 355 g/mol. The summed E-state index contributed by atoms with van der Waals surface area (Å²) in [7, 11) is 0. The molecule has 4 heterocycles. The Balaban J connectivity index is 1.34. The van der Waals surface area contributed by atoms with Crippen LogP contribution in [-0.4, -0.2) is 64.9 Å². The van der Waals surface area contributed by atoms with Crippen LogP contribution in [0.3, 0.4) is 0 Å². The fourth-order valence-electron chi connectivity index (χ4n) is 3.75. The normalized spacial score (nSPS) is 26.7. The number of ether oxygens (including phenoxy) is 2. The number of anilines is 1. The maximum absolute atomic E-state index is 6.26. The quantitative estimate of drug-likeness (QED) is 0.873.